The van der Waals surface area contributed by atoms with Crippen LogP contribution in [-0.2, 0) is 10.0 Å². The molecule has 2 rings (SSSR count). The number of nitrogens with zero attached hydrogens (tertiary/aromatic N) is 2. The molecule has 0 aliphatic carbocycles. The summed E-state index contributed by atoms with van der Waals surface area (Å²) in [5.74, 6) is 0.440. The zero-order chi connectivity index (χ0) is 14.8. The third-order valence-corrected chi connectivity index (χ3v) is 5.65. The van der Waals surface area contributed by atoms with Gasteiger partial charge in [-0.25, -0.2) is 12.7 Å². The molecule has 1 heterocycles. The van der Waals surface area contributed by atoms with Gasteiger partial charge in [0.2, 0.25) is 10.0 Å². The maximum Gasteiger partial charge on any atom is 0.244 e. The average Bonchev–Trinajstić information content (AvgIpc) is 2.87. The highest BCUT2D eigenvalue weighted by Gasteiger charge is 2.28. The second kappa shape index (κ2) is 6.11. The minimum absolute atomic E-state index is 0.191. The Morgan fingerprint density at radius 3 is 2.70 bits per heavy atom. The van der Waals surface area contributed by atoms with Gasteiger partial charge < -0.3 is 10.0 Å². The number of benzene rings is 1. The Morgan fingerprint density at radius 1 is 1.35 bits per heavy atom. The molecule has 0 amide bonds. The molecule has 0 bridgehead atoms. The van der Waals surface area contributed by atoms with E-state index in [1.807, 2.05) is 12.1 Å². The lowest BCUT2D eigenvalue weighted by atomic mass is 10.1. The Balaban J connectivity index is 2.30. The highest BCUT2D eigenvalue weighted by molar-refractivity contribution is 7.89. The molecule has 1 N–H and O–H groups in total. The van der Waals surface area contributed by atoms with Gasteiger partial charge in [0.05, 0.1) is 5.69 Å². The number of para-hydroxylation sites is 1. The summed E-state index contributed by atoms with van der Waals surface area (Å²) in [6, 6.07) is 7.13. The van der Waals surface area contributed by atoms with E-state index < -0.39 is 10.0 Å². The van der Waals surface area contributed by atoms with Crippen LogP contribution in [0, 0.1) is 5.92 Å². The van der Waals surface area contributed by atoms with E-state index in [0.29, 0.717) is 10.8 Å². The quantitative estimate of drug-likeness (QED) is 0.886. The van der Waals surface area contributed by atoms with Gasteiger partial charge in [-0.2, -0.15) is 0 Å². The molecule has 1 atom stereocenters. The summed E-state index contributed by atoms with van der Waals surface area (Å²) < 4.78 is 26.0. The predicted octanol–water partition coefficient (Wildman–Crippen LogP) is 1.15. The Morgan fingerprint density at radius 2 is 2.05 bits per heavy atom. The third kappa shape index (κ3) is 2.97. The van der Waals surface area contributed by atoms with Crippen LogP contribution in [0.15, 0.2) is 29.2 Å². The van der Waals surface area contributed by atoms with Crippen LogP contribution in [0.25, 0.3) is 0 Å². The molecule has 0 spiro atoms. The number of rotatable bonds is 5. The maximum absolute atomic E-state index is 12.4. The first-order valence-electron chi connectivity index (χ1n) is 6.84. The van der Waals surface area contributed by atoms with E-state index in [1.54, 1.807) is 26.2 Å². The molecule has 1 aliphatic heterocycles. The first-order valence-corrected chi connectivity index (χ1v) is 8.28. The summed E-state index contributed by atoms with van der Waals surface area (Å²) in [7, 11) is -0.340. The molecule has 0 saturated carbocycles. The van der Waals surface area contributed by atoms with Crippen molar-refractivity contribution in [2.75, 3.05) is 38.7 Å². The van der Waals surface area contributed by atoms with E-state index in [1.165, 1.54) is 4.31 Å². The van der Waals surface area contributed by atoms with Crippen molar-refractivity contribution in [1.82, 2.24) is 4.31 Å². The number of hydrogen-bond acceptors (Lipinski definition) is 4. The van der Waals surface area contributed by atoms with Gasteiger partial charge in [-0.05, 0) is 30.9 Å². The Labute approximate surface area is 120 Å². The van der Waals surface area contributed by atoms with Crippen molar-refractivity contribution >= 4 is 15.7 Å². The molecule has 5 nitrogen and oxygen atoms in total. The van der Waals surface area contributed by atoms with Crippen LogP contribution in [0.4, 0.5) is 5.69 Å². The molecule has 20 heavy (non-hydrogen) atoms. The summed E-state index contributed by atoms with van der Waals surface area (Å²) in [4.78, 5) is 2.46. The number of sulfonamides is 1. The summed E-state index contributed by atoms with van der Waals surface area (Å²) >= 11 is 0. The molecule has 112 valence electrons. The van der Waals surface area contributed by atoms with Crippen LogP contribution < -0.4 is 4.90 Å². The summed E-state index contributed by atoms with van der Waals surface area (Å²) in [5, 5.41) is 9.02. The van der Waals surface area contributed by atoms with E-state index in [2.05, 4.69) is 4.90 Å². The first-order chi connectivity index (χ1) is 9.46. The van der Waals surface area contributed by atoms with E-state index in [-0.39, 0.29) is 6.61 Å². The summed E-state index contributed by atoms with van der Waals surface area (Å²) in [6.07, 6.45) is 1.77. The van der Waals surface area contributed by atoms with Crippen LogP contribution in [0.3, 0.4) is 0 Å². The van der Waals surface area contributed by atoms with Crippen molar-refractivity contribution in [3.05, 3.63) is 24.3 Å². The zero-order valence-corrected chi connectivity index (χ0v) is 12.8. The van der Waals surface area contributed by atoms with Crippen molar-refractivity contribution in [1.29, 1.82) is 0 Å². The van der Waals surface area contributed by atoms with Gasteiger partial charge in [0, 0.05) is 33.8 Å². The average molecular weight is 298 g/mol. The number of hydrogen-bond donors (Lipinski definition) is 1. The largest absolute Gasteiger partial charge is 0.396 e. The second-order valence-corrected chi connectivity index (χ2v) is 7.49. The van der Waals surface area contributed by atoms with E-state index in [0.717, 1.165) is 31.6 Å². The first kappa shape index (κ1) is 15.3. The smallest absolute Gasteiger partial charge is 0.244 e. The van der Waals surface area contributed by atoms with Gasteiger partial charge in [0.15, 0.2) is 0 Å². The molecule has 1 aliphatic rings. The van der Waals surface area contributed by atoms with Crippen LogP contribution in [-0.4, -0.2) is 51.6 Å². The lowest BCUT2D eigenvalue weighted by molar-refractivity contribution is 0.263. The SMILES string of the molecule is CN(C)S(=O)(=O)c1ccccc1N1CCC(CCO)C1. The fourth-order valence-corrected chi connectivity index (χ4v) is 3.71. The molecule has 1 unspecified atom stereocenters. The van der Waals surface area contributed by atoms with Gasteiger partial charge in [-0.3, -0.25) is 0 Å². The topological polar surface area (TPSA) is 60.9 Å². The number of anilines is 1. The minimum Gasteiger partial charge on any atom is -0.396 e. The molecule has 6 heteroatoms. The van der Waals surface area contributed by atoms with E-state index >= 15 is 0 Å². The Kier molecular flexibility index (Phi) is 4.67. The summed E-state index contributed by atoms with van der Waals surface area (Å²) in [6.45, 7) is 1.83. The van der Waals surface area contributed by atoms with Crippen molar-refractivity contribution in [3.63, 3.8) is 0 Å². The fraction of sp³-hybridized carbons (Fsp3) is 0.571. The van der Waals surface area contributed by atoms with Crippen molar-refractivity contribution in [2.45, 2.75) is 17.7 Å². The molecular formula is C14H22N2O3S. The van der Waals surface area contributed by atoms with Crippen LogP contribution in [0.2, 0.25) is 0 Å². The summed E-state index contributed by atoms with van der Waals surface area (Å²) in [5.41, 5.74) is 0.765. The van der Waals surface area contributed by atoms with Gasteiger partial charge in [-0.15, -0.1) is 0 Å². The number of aliphatic hydroxyl groups is 1. The van der Waals surface area contributed by atoms with E-state index in [4.69, 9.17) is 5.11 Å². The maximum atomic E-state index is 12.4. The highest BCUT2D eigenvalue weighted by atomic mass is 32.2. The lowest BCUT2D eigenvalue weighted by Crippen LogP contribution is -2.27. The third-order valence-electron chi connectivity index (χ3n) is 3.79. The van der Waals surface area contributed by atoms with Crippen molar-refractivity contribution in [3.8, 4) is 0 Å². The standard InChI is InChI=1S/C14H22N2O3S/c1-15(2)20(18,19)14-6-4-3-5-13(14)16-9-7-12(11-16)8-10-17/h3-6,12,17H,7-11H2,1-2H3. The van der Waals surface area contributed by atoms with Gasteiger partial charge in [0.1, 0.15) is 4.90 Å². The number of aliphatic hydroxyl groups excluding tert-OH is 1. The molecule has 0 aromatic heterocycles. The molecule has 1 fully saturated rings. The van der Waals surface area contributed by atoms with Gasteiger partial charge in [0.25, 0.3) is 0 Å². The van der Waals surface area contributed by atoms with Gasteiger partial charge in [-0.1, -0.05) is 12.1 Å². The molecule has 0 radical (unpaired) electrons. The molecule has 1 aromatic carbocycles. The van der Waals surface area contributed by atoms with Crippen LogP contribution in [0.1, 0.15) is 12.8 Å². The molecule has 1 saturated heterocycles. The second-order valence-electron chi connectivity index (χ2n) is 5.37. The molecule has 1 aromatic rings. The Bertz CT molecular complexity index is 557. The van der Waals surface area contributed by atoms with Gasteiger partial charge >= 0.3 is 0 Å². The molecular weight excluding hydrogens is 276 g/mol. The highest BCUT2D eigenvalue weighted by Crippen LogP contribution is 2.31. The van der Waals surface area contributed by atoms with Crippen LogP contribution >= 0.6 is 0 Å². The van der Waals surface area contributed by atoms with Crippen molar-refractivity contribution < 1.29 is 13.5 Å². The monoisotopic (exact) mass is 298 g/mol. The minimum atomic E-state index is -3.43. The normalized spacial score (nSPS) is 19.8. The Hall–Kier alpha value is -1.11. The fourth-order valence-electron chi connectivity index (χ4n) is 2.60. The zero-order valence-electron chi connectivity index (χ0n) is 12.0. The van der Waals surface area contributed by atoms with Crippen LogP contribution in [0.5, 0.6) is 0 Å². The van der Waals surface area contributed by atoms with Crippen molar-refractivity contribution in [2.24, 2.45) is 5.92 Å². The lowest BCUT2D eigenvalue weighted by Gasteiger charge is -2.23. The predicted molar refractivity (Wildman–Crippen MR) is 79.3 cm³/mol. The van der Waals surface area contributed by atoms with E-state index in [9.17, 15) is 8.42 Å².